The van der Waals surface area contributed by atoms with Gasteiger partial charge >= 0.3 is 0 Å². The number of hydrogen-bond acceptors (Lipinski definition) is 4. The summed E-state index contributed by atoms with van der Waals surface area (Å²) >= 11 is 1.87. The molecule has 2 heterocycles. The van der Waals surface area contributed by atoms with E-state index in [1.807, 2.05) is 72.0 Å². The number of fused-ring (bicyclic) bond motifs is 3. The van der Waals surface area contributed by atoms with Gasteiger partial charge in [0.05, 0.1) is 0 Å². The molecule has 3 nitrogen and oxygen atoms in total. The van der Waals surface area contributed by atoms with E-state index in [0.717, 1.165) is 22.3 Å². The molecule has 0 fully saturated rings. The Hall–Kier alpha value is -6.23. The van der Waals surface area contributed by atoms with Crippen LogP contribution in [0.25, 0.3) is 87.7 Å². The summed E-state index contributed by atoms with van der Waals surface area (Å²) in [4.78, 5) is 14.9. The minimum absolute atomic E-state index is 0.652. The quantitative estimate of drug-likeness (QED) is 0.179. The van der Waals surface area contributed by atoms with E-state index >= 15 is 0 Å². The lowest BCUT2D eigenvalue weighted by Gasteiger charge is -2.10. The summed E-state index contributed by atoms with van der Waals surface area (Å²) in [5.41, 5.74) is 11.4. The van der Waals surface area contributed by atoms with Crippen LogP contribution >= 0.6 is 11.3 Å². The third kappa shape index (κ3) is 5.56. The van der Waals surface area contributed by atoms with Crippen molar-refractivity contribution in [2.24, 2.45) is 0 Å². The van der Waals surface area contributed by atoms with Crippen LogP contribution in [0.15, 0.2) is 170 Å². The third-order valence-electron chi connectivity index (χ3n) is 9.20. The fraction of sp³-hybridized carbons (Fsp3) is 0.0217. The fourth-order valence-corrected chi connectivity index (χ4v) is 8.08. The van der Waals surface area contributed by atoms with Crippen molar-refractivity contribution in [3.63, 3.8) is 0 Å². The molecule has 0 atom stereocenters. The zero-order valence-electron chi connectivity index (χ0n) is 27.4. The molecular weight excluding hydrogens is 627 g/mol. The second kappa shape index (κ2) is 12.7. The van der Waals surface area contributed by atoms with Crippen LogP contribution in [0.4, 0.5) is 0 Å². The van der Waals surface area contributed by atoms with Crippen molar-refractivity contribution in [1.29, 1.82) is 0 Å². The molecule has 50 heavy (non-hydrogen) atoms. The highest BCUT2D eigenvalue weighted by Gasteiger charge is 2.16. The Kier molecular flexibility index (Phi) is 7.57. The van der Waals surface area contributed by atoms with Crippen LogP contribution in [0.5, 0.6) is 0 Å². The predicted octanol–water partition coefficient (Wildman–Crippen LogP) is 12.5. The van der Waals surface area contributed by atoms with Gasteiger partial charge in [-0.3, -0.25) is 0 Å². The second-order valence-electron chi connectivity index (χ2n) is 12.5. The largest absolute Gasteiger partial charge is 0.208 e. The van der Waals surface area contributed by atoms with Gasteiger partial charge in [0.1, 0.15) is 0 Å². The molecule has 0 radical (unpaired) electrons. The van der Waals surface area contributed by atoms with E-state index in [4.69, 9.17) is 15.0 Å². The van der Waals surface area contributed by atoms with Gasteiger partial charge < -0.3 is 0 Å². The molecule has 0 N–H and O–H groups in total. The standard InChI is InChI=1S/C46H31N3S/c1-30-12-8-17-35(28-30)31-24-26-32(27-25-31)38-20-10-22-40-41-23-11-21-39(43(41)50-42(38)40)36-18-9-19-37(29-36)46-48-44(33-13-4-2-5-14-33)47-45(49-46)34-15-6-3-7-16-34/h2-29H,1H3. The van der Waals surface area contributed by atoms with Gasteiger partial charge in [-0.2, -0.15) is 0 Å². The van der Waals surface area contributed by atoms with Crippen LogP contribution in [0.3, 0.4) is 0 Å². The number of rotatable bonds is 6. The van der Waals surface area contributed by atoms with Crippen molar-refractivity contribution in [2.45, 2.75) is 6.92 Å². The summed E-state index contributed by atoms with van der Waals surface area (Å²) in [6, 6.07) is 59.8. The first kappa shape index (κ1) is 29.9. The highest BCUT2D eigenvalue weighted by atomic mass is 32.1. The molecule has 0 unspecified atom stereocenters. The summed E-state index contributed by atoms with van der Waals surface area (Å²) in [5.74, 6) is 1.97. The number of aryl methyl sites for hydroxylation is 1. The van der Waals surface area contributed by atoms with Gasteiger partial charge in [-0.1, -0.05) is 169 Å². The highest BCUT2D eigenvalue weighted by molar-refractivity contribution is 7.26. The topological polar surface area (TPSA) is 38.7 Å². The lowest BCUT2D eigenvalue weighted by molar-refractivity contribution is 1.07. The molecule has 236 valence electrons. The second-order valence-corrected chi connectivity index (χ2v) is 13.6. The van der Waals surface area contributed by atoms with Crippen molar-refractivity contribution in [2.75, 3.05) is 0 Å². The fourth-order valence-electron chi connectivity index (χ4n) is 6.71. The molecule has 9 rings (SSSR count). The minimum atomic E-state index is 0.652. The van der Waals surface area contributed by atoms with E-state index in [-0.39, 0.29) is 0 Å². The predicted molar refractivity (Wildman–Crippen MR) is 210 cm³/mol. The van der Waals surface area contributed by atoms with E-state index in [1.54, 1.807) is 0 Å². The first-order valence-corrected chi connectivity index (χ1v) is 17.6. The molecule has 0 saturated carbocycles. The van der Waals surface area contributed by atoms with Crippen molar-refractivity contribution in [3.05, 3.63) is 175 Å². The van der Waals surface area contributed by atoms with Gasteiger partial charge in [-0.15, -0.1) is 11.3 Å². The van der Waals surface area contributed by atoms with E-state index in [0.29, 0.717) is 17.5 Å². The molecule has 0 bridgehead atoms. The third-order valence-corrected chi connectivity index (χ3v) is 10.5. The number of thiophene rings is 1. The van der Waals surface area contributed by atoms with Gasteiger partial charge in [-0.05, 0) is 46.4 Å². The summed E-state index contributed by atoms with van der Waals surface area (Å²) in [6.07, 6.45) is 0. The normalized spacial score (nSPS) is 11.3. The zero-order chi connectivity index (χ0) is 33.4. The summed E-state index contributed by atoms with van der Waals surface area (Å²) in [6.45, 7) is 2.14. The average molecular weight is 658 g/mol. The van der Waals surface area contributed by atoms with Crippen LogP contribution in [0.1, 0.15) is 5.56 Å². The van der Waals surface area contributed by atoms with Gasteiger partial charge in [0.15, 0.2) is 17.5 Å². The van der Waals surface area contributed by atoms with Crippen LogP contribution in [0.2, 0.25) is 0 Å². The number of aromatic nitrogens is 3. The van der Waals surface area contributed by atoms with Crippen LogP contribution in [-0.4, -0.2) is 15.0 Å². The summed E-state index contributed by atoms with van der Waals surface area (Å²) in [7, 11) is 0. The summed E-state index contributed by atoms with van der Waals surface area (Å²) in [5, 5.41) is 2.55. The zero-order valence-corrected chi connectivity index (χ0v) is 28.2. The first-order valence-electron chi connectivity index (χ1n) is 16.8. The van der Waals surface area contributed by atoms with E-state index < -0.39 is 0 Å². The maximum Gasteiger partial charge on any atom is 0.164 e. The highest BCUT2D eigenvalue weighted by Crippen LogP contribution is 2.44. The molecule has 0 aliphatic rings. The first-order chi connectivity index (χ1) is 24.7. The van der Waals surface area contributed by atoms with Crippen LogP contribution in [0, 0.1) is 6.92 Å². The molecule has 2 aromatic heterocycles. The number of benzene rings is 7. The lowest BCUT2D eigenvalue weighted by atomic mass is 9.97. The molecule has 0 amide bonds. The van der Waals surface area contributed by atoms with Crippen LogP contribution < -0.4 is 0 Å². The molecular formula is C46H31N3S. The number of nitrogens with zero attached hydrogens (tertiary/aromatic N) is 3. The van der Waals surface area contributed by atoms with Crippen LogP contribution in [-0.2, 0) is 0 Å². The van der Waals surface area contributed by atoms with Crippen molar-refractivity contribution < 1.29 is 0 Å². The maximum atomic E-state index is 4.99. The van der Waals surface area contributed by atoms with Crippen molar-refractivity contribution in [3.8, 4) is 67.5 Å². The van der Waals surface area contributed by atoms with Crippen molar-refractivity contribution >= 4 is 31.5 Å². The minimum Gasteiger partial charge on any atom is -0.208 e. The van der Waals surface area contributed by atoms with E-state index in [1.165, 1.54) is 53.6 Å². The molecule has 0 aliphatic heterocycles. The lowest BCUT2D eigenvalue weighted by Crippen LogP contribution is -2.00. The molecule has 7 aromatic carbocycles. The molecule has 4 heteroatoms. The number of hydrogen-bond donors (Lipinski definition) is 0. The maximum absolute atomic E-state index is 4.99. The van der Waals surface area contributed by atoms with Crippen molar-refractivity contribution in [1.82, 2.24) is 15.0 Å². The van der Waals surface area contributed by atoms with Gasteiger partial charge in [0.25, 0.3) is 0 Å². The Morgan fingerprint density at radius 1 is 0.340 bits per heavy atom. The Morgan fingerprint density at radius 3 is 1.40 bits per heavy atom. The Labute approximate surface area is 295 Å². The Bertz CT molecular complexity index is 2590. The molecule has 9 aromatic rings. The smallest absolute Gasteiger partial charge is 0.164 e. The van der Waals surface area contributed by atoms with Gasteiger partial charge in [0.2, 0.25) is 0 Å². The molecule has 0 aliphatic carbocycles. The molecule has 0 spiro atoms. The Balaban J connectivity index is 1.14. The van der Waals surface area contributed by atoms with Gasteiger partial charge in [-0.25, -0.2) is 15.0 Å². The Morgan fingerprint density at radius 2 is 0.800 bits per heavy atom. The van der Waals surface area contributed by atoms with Gasteiger partial charge in [0, 0.05) is 36.9 Å². The van der Waals surface area contributed by atoms with E-state index in [9.17, 15) is 0 Å². The molecule has 0 saturated heterocycles. The average Bonchev–Trinajstić information content (AvgIpc) is 3.58. The monoisotopic (exact) mass is 657 g/mol. The SMILES string of the molecule is Cc1cccc(-c2ccc(-c3cccc4c3sc3c(-c5cccc(-c6nc(-c7ccccc7)nc(-c7ccccc7)n6)c5)cccc34)cc2)c1. The van der Waals surface area contributed by atoms with E-state index in [2.05, 4.69) is 116 Å². The summed E-state index contributed by atoms with van der Waals surface area (Å²) < 4.78 is 2.57.